The number of piperazine rings is 1. The minimum Gasteiger partial charge on any atom is -0.353 e. The Kier molecular flexibility index (Phi) is 5.88. The SMILES string of the molecule is CCN(CC)c1ncc(CN2CCNC(=O)C2c2ccc(F)cc2C)s1. The highest BCUT2D eigenvalue weighted by atomic mass is 32.1. The second-order valence-corrected chi connectivity index (χ2v) is 7.54. The first-order valence-corrected chi connectivity index (χ1v) is 9.82. The summed E-state index contributed by atoms with van der Waals surface area (Å²) in [4.78, 5) is 22.6. The molecule has 1 unspecified atom stereocenters. The van der Waals surface area contributed by atoms with Crippen LogP contribution >= 0.6 is 11.3 Å². The van der Waals surface area contributed by atoms with Gasteiger partial charge in [-0.05, 0) is 44.0 Å². The predicted octanol–water partition coefficient (Wildman–Crippen LogP) is 3.11. The van der Waals surface area contributed by atoms with Gasteiger partial charge in [0.2, 0.25) is 5.91 Å². The number of nitrogens with one attached hydrogen (secondary N) is 1. The number of carbonyl (C=O) groups is 1. The predicted molar refractivity (Wildman–Crippen MR) is 103 cm³/mol. The second-order valence-electron chi connectivity index (χ2n) is 6.45. The zero-order valence-electron chi connectivity index (χ0n) is 15.5. The van der Waals surface area contributed by atoms with Crippen LogP contribution in [-0.4, -0.2) is 42.0 Å². The monoisotopic (exact) mass is 376 g/mol. The van der Waals surface area contributed by atoms with Crippen LogP contribution in [0.5, 0.6) is 0 Å². The van der Waals surface area contributed by atoms with Gasteiger partial charge in [-0.25, -0.2) is 9.37 Å². The number of halogens is 1. The third-order valence-corrected chi connectivity index (χ3v) is 5.82. The topological polar surface area (TPSA) is 48.5 Å². The number of nitrogens with zero attached hydrogens (tertiary/aromatic N) is 3. The third-order valence-electron chi connectivity index (χ3n) is 4.77. The van der Waals surface area contributed by atoms with Gasteiger partial charge in [0.1, 0.15) is 11.9 Å². The minimum absolute atomic E-state index is 0.0283. The standard InChI is InChI=1S/C19H25FN4OS/c1-4-23(5-2)19-22-11-15(26-19)12-24-9-8-21-18(25)17(24)16-7-6-14(20)10-13(16)3/h6-7,10-11,17H,4-5,8-9,12H2,1-3H3,(H,21,25). The molecule has 1 amide bonds. The van der Waals surface area contributed by atoms with Crippen molar-refractivity contribution < 1.29 is 9.18 Å². The molecule has 1 aromatic carbocycles. The number of carbonyl (C=O) groups excluding carboxylic acids is 1. The average molecular weight is 377 g/mol. The maximum atomic E-state index is 13.5. The van der Waals surface area contributed by atoms with Gasteiger partial charge in [0, 0.05) is 43.8 Å². The molecule has 140 valence electrons. The molecule has 2 heterocycles. The number of hydrogen-bond acceptors (Lipinski definition) is 5. The summed E-state index contributed by atoms with van der Waals surface area (Å²) in [5.41, 5.74) is 1.65. The van der Waals surface area contributed by atoms with E-state index in [-0.39, 0.29) is 11.7 Å². The van der Waals surface area contributed by atoms with Gasteiger partial charge in [0.05, 0.1) is 0 Å². The first-order valence-electron chi connectivity index (χ1n) is 9.01. The van der Waals surface area contributed by atoms with Crippen molar-refractivity contribution in [2.24, 2.45) is 0 Å². The summed E-state index contributed by atoms with van der Waals surface area (Å²) in [7, 11) is 0. The van der Waals surface area contributed by atoms with Gasteiger partial charge in [-0.15, -0.1) is 11.3 Å². The molecule has 3 rings (SSSR count). The van der Waals surface area contributed by atoms with Crippen molar-refractivity contribution in [2.75, 3.05) is 31.1 Å². The maximum Gasteiger partial charge on any atom is 0.242 e. The Morgan fingerprint density at radius 2 is 2.15 bits per heavy atom. The van der Waals surface area contributed by atoms with Crippen LogP contribution in [0.2, 0.25) is 0 Å². The van der Waals surface area contributed by atoms with Crippen LogP contribution in [-0.2, 0) is 11.3 Å². The Balaban J connectivity index is 1.84. The summed E-state index contributed by atoms with van der Waals surface area (Å²) in [6.07, 6.45) is 1.90. The molecule has 1 aromatic heterocycles. The fourth-order valence-corrected chi connectivity index (χ4v) is 4.44. The Hall–Kier alpha value is -1.99. The molecule has 1 N–H and O–H groups in total. The van der Waals surface area contributed by atoms with Gasteiger partial charge >= 0.3 is 0 Å². The van der Waals surface area contributed by atoms with Crippen LogP contribution in [0.3, 0.4) is 0 Å². The number of aryl methyl sites for hydroxylation is 1. The molecule has 26 heavy (non-hydrogen) atoms. The highest BCUT2D eigenvalue weighted by Gasteiger charge is 2.32. The highest BCUT2D eigenvalue weighted by Crippen LogP contribution is 2.30. The van der Waals surface area contributed by atoms with Gasteiger partial charge < -0.3 is 10.2 Å². The van der Waals surface area contributed by atoms with Crippen molar-refractivity contribution >= 4 is 22.4 Å². The number of amides is 1. The highest BCUT2D eigenvalue weighted by molar-refractivity contribution is 7.15. The zero-order valence-corrected chi connectivity index (χ0v) is 16.3. The Morgan fingerprint density at radius 1 is 1.38 bits per heavy atom. The molecule has 1 fully saturated rings. The van der Waals surface area contributed by atoms with E-state index in [2.05, 4.69) is 33.9 Å². The number of thiazole rings is 1. The maximum absolute atomic E-state index is 13.5. The van der Waals surface area contributed by atoms with Crippen molar-refractivity contribution in [1.82, 2.24) is 15.2 Å². The normalized spacial score (nSPS) is 18.0. The molecule has 1 aliphatic heterocycles. The average Bonchev–Trinajstić information content (AvgIpc) is 3.06. The van der Waals surface area contributed by atoms with E-state index in [1.807, 2.05) is 13.1 Å². The van der Waals surface area contributed by atoms with E-state index < -0.39 is 6.04 Å². The zero-order chi connectivity index (χ0) is 18.7. The lowest BCUT2D eigenvalue weighted by atomic mass is 9.97. The van der Waals surface area contributed by atoms with E-state index >= 15 is 0 Å². The Bertz CT molecular complexity index is 775. The smallest absolute Gasteiger partial charge is 0.242 e. The van der Waals surface area contributed by atoms with Crippen LogP contribution in [0.1, 0.15) is 35.9 Å². The summed E-state index contributed by atoms with van der Waals surface area (Å²) in [6, 6.07) is 4.23. The van der Waals surface area contributed by atoms with Crippen molar-refractivity contribution in [3.63, 3.8) is 0 Å². The molecule has 1 atom stereocenters. The number of benzene rings is 1. The molecule has 0 bridgehead atoms. The van der Waals surface area contributed by atoms with Crippen LogP contribution in [0, 0.1) is 12.7 Å². The summed E-state index contributed by atoms with van der Waals surface area (Å²) < 4.78 is 13.5. The van der Waals surface area contributed by atoms with Gasteiger partial charge in [-0.3, -0.25) is 9.69 Å². The van der Waals surface area contributed by atoms with Crippen molar-refractivity contribution in [1.29, 1.82) is 0 Å². The van der Waals surface area contributed by atoms with Crippen LogP contribution in [0.4, 0.5) is 9.52 Å². The van der Waals surface area contributed by atoms with Gasteiger partial charge in [0.15, 0.2) is 5.13 Å². The number of aromatic nitrogens is 1. The van der Waals surface area contributed by atoms with Crippen LogP contribution in [0.25, 0.3) is 0 Å². The minimum atomic E-state index is -0.400. The molecule has 0 radical (unpaired) electrons. The van der Waals surface area contributed by atoms with E-state index in [0.29, 0.717) is 13.1 Å². The van der Waals surface area contributed by atoms with Crippen molar-refractivity contribution in [2.45, 2.75) is 33.4 Å². The molecule has 0 aliphatic carbocycles. The molecule has 0 spiro atoms. The van der Waals surface area contributed by atoms with Crippen molar-refractivity contribution in [3.8, 4) is 0 Å². The second kappa shape index (κ2) is 8.14. The molecule has 1 aliphatic rings. The summed E-state index contributed by atoms with van der Waals surface area (Å²) in [5, 5.41) is 3.95. The Labute approximate surface area is 157 Å². The lowest BCUT2D eigenvalue weighted by Crippen LogP contribution is -2.49. The first kappa shape index (κ1) is 18.8. The van der Waals surface area contributed by atoms with Gasteiger partial charge in [-0.2, -0.15) is 0 Å². The molecule has 5 nitrogen and oxygen atoms in total. The lowest BCUT2D eigenvalue weighted by molar-refractivity contribution is -0.129. The Morgan fingerprint density at radius 3 is 2.85 bits per heavy atom. The van der Waals surface area contributed by atoms with E-state index in [0.717, 1.165) is 40.8 Å². The molecule has 1 saturated heterocycles. The molecule has 7 heteroatoms. The molecule has 2 aromatic rings. The fourth-order valence-electron chi connectivity index (χ4n) is 3.38. The van der Waals surface area contributed by atoms with E-state index in [1.165, 1.54) is 12.1 Å². The van der Waals surface area contributed by atoms with Crippen LogP contribution < -0.4 is 10.2 Å². The summed E-state index contributed by atoms with van der Waals surface area (Å²) in [6.45, 7) is 9.97. The molecular weight excluding hydrogens is 351 g/mol. The largest absolute Gasteiger partial charge is 0.353 e. The van der Waals surface area contributed by atoms with Crippen LogP contribution in [0.15, 0.2) is 24.4 Å². The van der Waals surface area contributed by atoms with Crippen molar-refractivity contribution in [3.05, 3.63) is 46.2 Å². The summed E-state index contributed by atoms with van der Waals surface area (Å²) >= 11 is 1.67. The third kappa shape index (κ3) is 3.88. The van der Waals surface area contributed by atoms with Gasteiger partial charge in [0.25, 0.3) is 0 Å². The van der Waals surface area contributed by atoms with Gasteiger partial charge in [-0.1, -0.05) is 6.07 Å². The number of rotatable bonds is 6. The lowest BCUT2D eigenvalue weighted by Gasteiger charge is -2.35. The van der Waals surface area contributed by atoms with E-state index in [9.17, 15) is 9.18 Å². The van der Waals surface area contributed by atoms with E-state index in [1.54, 1.807) is 17.4 Å². The summed E-state index contributed by atoms with van der Waals surface area (Å²) in [5.74, 6) is -0.306. The molecular formula is C19H25FN4OS. The fraction of sp³-hybridized carbons (Fsp3) is 0.474. The number of anilines is 1. The molecule has 0 saturated carbocycles. The first-order chi connectivity index (χ1) is 12.5. The number of hydrogen-bond donors (Lipinski definition) is 1. The van der Waals surface area contributed by atoms with E-state index in [4.69, 9.17) is 0 Å². The quantitative estimate of drug-likeness (QED) is 0.842.